The highest BCUT2D eigenvalue weighted by molar-refractivity contribution is 5.96. The Bertz CT molecular complexity index is 1090. The molecule has 0 fully saturated rings. The number of methoxy groups -OCH3 is 1. The van der Waals surface area contributed by atoms with E-state index in [-0.39, 0.29) is 5.91 Å². The van der Waals surface area contributed by atoms with Crippen LogP contribution in [0.1, 0.15) is 35.0 Å². The summed E-state index contributed by atoms with van der Waals surface area (Å²) in [6, 6.07) is 17.7. The zero-order valence-corrected chi connectivity index (χ0v) is 18.4. The van der Waals surface area contributed by atoms with E-state index in [1.165, 1.54) is 0 Å². The van der Waals surface area contributed by atoms with Gasteiger partial charge in [-0.25, -0.2) is 4.98 Å². The molecule has 3 aromatic rings. The second-order valence-electron chi connectivity index (χ2n) is 7.30. The van der Waals surface area contributed by atoms with E-state index in [1.54, 1.807) is 7.11 Å². The van der Waals surface area contributed by atoms with Crippen LogP contribution in [0.25, 0.3) is 28.0 Å². The number of carbonyl (C=O) groups is 1. The number of rotatable bonds is 8. The van der Waals surface area contributed by atoms with Crippen molar-refractivity contribution < 1.29 is 9.53 Å². The van der Waals surface area contributed by atoms with Gasteiger partial charge in [0.05, 0.1) is 12.8 Å². The minimum atomic E-state index is -0.242. The van der Waals surface area contributed by atoms with Crippen molar-refractivity contribution in [2.75, 3.05) is 20.2 Å². The summed E-state index contributed by atoms with van der Waals surface area (Å²) in [6.07, 6.45) is 0.844. The first-order chi connectivity index (χ1) is 15.0. The number of hydrogen-bond donors (Lipinski definition) is 2. The number of allylic oxidation sites excluding steroid dienone is 1. The quantitative estimate of drug-likeness (QED) is 0.552. The Kier molecular flexibility index (Phi) is 7.21. The molecule has 0 aliphatic rings. The Morgan fingerprint density at radius 1 is 1.13 bits per heavy atom. The third kappa shape index (κ3) is 4.84. The smallest absolute Gasteiger partial charge is 0.269 e. The van der Waals surface area contributed by atoms with Crippen molar-refractivity contribution in [1.29, 1.82) is 0 Å². The van der Waals surface area contributed by atoms with E-state index in [4.69, 9.17) is 15.5 Å². The molecule has 1 aromatic heterocycles. The third-order valence-corrected chi connectivity index (χ3v) is 5.32. The van der Waals surface area contributed by atoms with Crippen LogP contribution in [0.4, 0.5) is 0 Å². The number of pyridine rings is 1. The summed E-state index contributed by atoms with van der Waals surface area (Å²) in [6.45, 7) is 9.12. The van der Waals surface area contributed by atoms with E-state index in [9.17, 15) is 4.79 Å². The molecular weight excluding hydrogens is 386 g/mol. The van der Waals surface area contributed by atoms with Gasteiger partial charge in [0.1, 0.15) is 11.4 Å². The summed E-state index contributed by atoms with van der Waals surface area (Å²) in [5.74, 6) is 0.524. The average Bonchev–Trinajstić information content (AvgIpc) is 2.82. The van der Waals surface area contributed by atoms with Crippen LogP contribution in [0.5, 0.6) is 5.75 Å². The van der Waals surface area contributed by atoms with Gasteiger partial charge in [0, 0.05) is 18.7 Å². The van der Waals surface area contributed by atoms with Crippen molar-refractivity contribution in [2.24, 2.45) is 5.73 Å². The van der Waals surface area contributed by atoms with Crippen molar-refractivity contribution in [1.82, 2.24) is 10.3 Å². The minimum absolute atomic E-state index is 0.242. The number of nitrogens with two attached hydrogens (primary N) is 1. The maximum Gasteiger partial charge on any atom is 0.269 e. The van der Waals surface area contributed by atoms with Gasteiger partial charge >= 0.3 is 0 Å². The molecule has 3 N–H and O–H groups in total. The highest BCUT2D eigenvalue weighted by Crippen LogP contribution is 2.36. The molecule has 5 nitrogen and oxygen atoms in total. The largest absolute Gasteiger partial charge is 0.497 e. The molecule has 3 rings (SSSR count). The van der Waals surface area contributed by atoms with E-state index in [0.29, 0.717) is 18.8 Å². The summed E-state index contributed by atoms with van der Waals surface area (Å²) < 4.78 is 5.28. The van der Waals surface area contributed by atoms with Crippen molar-refractivity contribution in [3.63, 3.8) is 0 Å². The molecule has 5 heteroatoms. The summed E-state index contributed by atoms with van der Waals surface area (Å²) >= 11 is 0. The second kappa shape index (κ2) is 10.0. The van der Waals surface area contributed by atoms with Crippen LogP contribution in [0.2, 0.25) is 0 Å². The first-order valence-corrected chi connectivity index (χ1v) is 10.4. The predicted molar refractivity (Wildman–Crippen MR) is 127 cm³/mol. The lowest BCUT2D eigenvalue weighted by molar-refractivity contribution is 0.0950. The van der Waals surface area contributed by atoms with Gasteiger partial charge in [-0.1, -0.05) is 37.8 Å². The Morgan fingerprint density at radius 3 is 2.48 bits per heavy atom. The fourth-order valence-corrected chi connectivity index (χ4v) is 3.53. The zero-order valence-electron chi connectivity index (χ0n) is 18.4. The molecule has 0 unspecified atom stereocenters. The monoisotopic (exact) mass is 415 g/mol. The lowest BCUT2D eigenvalue weighted by Gasteiger charge is -2.17. The van der Waals surface area contributed by atoms with E-state index >= 15 is 0 Å². The molecule has 0 saturated carbocycles. The lowest BCUT2D eigenvalue weighted by Crippen LogP contribution is -2.29. The van der Waals surface area contributed by atoms with E-state index in [1.807, 2.05) is 49.4 Å². The van der Waals surface area contributed by atoms with Crippen LogP contribution in [-0.4, -0.2) is 31.1 Å². The van der Waals surface area contributed by atoms with Gasteiger partial charge in [0.15, 0.2) is 0 Å². The topological polar surface area (TPSA) is 77.2 Å². The van der Waals surface area contributed by atoms with Gasteiger partial charge in [0.25, 0.3) is 5.91 Å². The Hall–Kier alpha value is -3.44. The number of amides is 1. The fraction of sp³-hybridized carbons (Fsp3) is 0.231. The first kappa shape index (κ1) is 22.2. The number of carbonyl (C=O) groups excluding carboxylic acids is 1. The molecule has 31 heavy (non-hydrogen) atoms. The standard InChI is InChI=1S/C26H29N3O2/c1-5-17(2)21-8-6-7-9-22(21)23-16-24(26(30)28-15-14-27)29-25(18(23)3)19-10-12-20(31-4)13-11-19/h6-13,16H,2,5,14-15,27H2,1,3-4H3,(H,28,30). The van der Waals surface area contributed by atoms with Gasteiger partial charge in [-0.05, 0) is 71.5 Å². The van der Waals surface area contributed by atoms with Crippen LogP contribution in [0.3, 0.4) is 0 Å². The highest BCUT2D eigenvalue weighted by atomic mass is 16.5. The molecule has 0 aliphatic carbocycles. The summed E-state index contributed by atoms with van der Waals surface area (Å²) in [5, 5.41) is 2.83. The molecule has 0 aliphatic heterocycles. The molecule has 0 radical (unpaired) electrons. The maximum atomic E-state index is 12.8. The van der Waals surface area contributed by atoms with Gasteiger partial charge in [0.2, 0.25) is 0 Å². The van der Waals surface area contributed by atoms with Crippen LogP contribution < -0.4 is 15.8 Å². The van der Waals surface area contributed by atoms with Crippen molar-refractivity contribution in [3.8, 4) is 28.1 Å². The summed E-state index contributed by atoms with van der Waals surface area (Å²) in [7, 11) is 1.64. The molecule has 0 bridgehead atoms. The zero-order chi connectivity index (χ0) is 22.4. The first-order valence-electron chi connectivity index (χ1n) is 10.4. The van der Waals surface area contributed by atoms with Gasteiger partial charge in [-0.15, -0.1) is 0 Å². The SMILES string of the molecule is C=C(CC)c1ccccc1-c1cc(C(=O)NCCN)nc(-c2ccc(OC)cc2)c1C. The van der Waals surface area contributed by atoms with Gasteiger partial charge < -0.3 is 15.8 Å². The van der Waals surface area contributed by atoms with Crippen LogP contribution in [0, 0.1) is 6.92 Å². The van der Waals surface area contributed by atoms with Crippen molar-refractivity contribution >= 4 is 11.5 Å². The van der Waals surface area contributed by atoms with E-state index in [0.717, 1.165) is 51.3 Å². The van der Waals surface area contributed by atoms with Crippen LogP contribution >= 0.6 is 0 Å². The average molecular weight is 416 g/mol. The predicted octanol–water partition coefficient (Wildman–Crippen LogP) is 4.84. The Labute approximate surface area is 184 Å². The summed E-state index contributed by atoms with van der Waals surface area (Å²) in [4.78, 5) is 17.5. The Balaban J connectivity index is 2.23. The molecular formula is C26H29N3O2. The summed E-state index contributed by atoms with van der Waals surface area (Å²) in [5.41, 5.74) is 12.7. The second-order valence-corrected chi connectivity index (χ2v) is 7.30. The molecule has 0 saturated heterocycles. The van der Waals surface area contributed by atoms with Crippen LogP contribution in [0.15, 0.2) is 61.2 Å². The van der Waals surface area contributed by atoms with Gasteiger partial charge in [-0.3, -0.25) is 4.79 Å². The van der Waals surface area contributed by atoms with Gasteiger partial charge in [-0.2, -0.15) is 0 Å². The minimum Gasteiger partial charge on any atom is -0.497 e. The molecule has 160 valence electrons. The molecule has 0 spiro atoms. The number of nitrogens with one attached hydrogen (secondary N) is 1. The third-order valence-electron chi connectivity index (χ3n) is 5.32. The number of benzene rings is 2. The molecule has 2 aromatic carbocycles. The Morgan fingerprint density at radius 2 is 1.84 bits per heavy atom. The van der Waals surface area contributed by atoms with E-state index in [2.05, 4.69) is 31.0 Å². The van der Waals surface area contributed by atoms with Crippen LogP contribution in [-0.2, 0) is 0 Å². The van der Waals surface area contributed by atoms with Crippen molar-refractivity contribution in [2.45, 2.75) is 20.3 Å². The fourth-order valence-electron chi connectivity index (χ4n) is 3.53. The number of hydrogen-bond acceptors (Lipinski definition) is 4. The molecule has 0 atom stereocenters. The molecule has 1 heterocycles. The lowest BCUT2D eigenvalue weighted by atomic mass is 9.90. The maximum absolute atomic E-state index is 12.8. The van der Waals surface area contributed by atoms with Crippen molar-refractivity contribution in [3.05, 3.63) is 78.0 Å². The van der Waals surface area contributed by atoms with E-state index < -0.39 is 0 Å². The normalized spacial score (nSPS) is 10.6. The molecule has 1 amide bonds. The highest BCUT2D eigenvalue weighted by Gasteiger charge is 2.18. The number of ether oxygens (including phenoxy) is 1. The number of aromatic nitrogens is 1. The number of nitrogens with zero attached hydrogens (tertiary/aromatic N) is 1.